The van der Waals surface area contributed by atoms with Gasteiger partial charge in [0.05, 0.1) is 5.41 Å². The molecule has 2 atom stereocenters. The van der Waals surface area contributed by atoms with Gasteiger partial charge in [-0.1, -0.05) is 0 Å². The van der Waals surface area contributed by atoms with Crippen LogP contribution in [0.5, 0.6) is 0 Å². The molecule has 0 radical (unpaired) electrons. The van der Waals surface area contributed by atoms with E-state index in [1.54, 1.807) is 19.1 Å². The lowest BCUT2D eigenvalue weighted by Crippen LogP contribution is -2.56. The minimum Gasteiger partial charge on any atom is -0.377 e. The van der Waals surface area contributed by atoms with Crippen LogP contribution in [-0.4, -0.2) is 55.9 Å². The molecule has 0 aromatic rings. The first-order chi connectivity index (χ1) is 8.15. The number of hydrogen-bond acceptors (Lipinski definition) is 4. The first kappa shape index (κ1) is 15.4. The van der Waals surface area contributed by atoms with Crippen molar-refractivity contribution in [2.24, 2.45) is 11.1 Å². The fraction of sp³-hybridized carbons (Fsp3) is 0.923. The third kappa shape index (κ3) is 2.68. The number of likely N-dealkylation sites (tertiary alicyclic amines) is 1. The summed E-state index contributed by atoms with van der Waals surface area (Å²) >= 11 is 0. The summed E-state index contributed by atoms with van der Waals surface area (Å²) in [6.45, 7) is 8.65. The molecule has 1 heterocycles. The average Bonchev–Trinajstić information content (AvgIpc) is 2.69. The molecule has 18 heavy (non-hydrogen) atoms. The second-order valence-corrected chi connectivity index (χ2v) is 6.11. The Hall–Kier alpha value is -0.650. The number of ether oxygens (including phenoxy) is 2. The molecule has 1 aliphatic heterocycles. The second-order valence-electron chi connectivity index (χ2n) is 6.11. The van der Waals surface area contributed by atoms with E-state index in [1.165, 1.54) is 0 Å². The predicted molar refractivity (Wildman–Crippen MR) is 70.2 cm³/mol. The van der Waals surface area contributed by atoms with Crippen LogP contribution in [0.3, 0.4) is 0 Å². The van der Waals surface area contributed by atoms with Crippen LogP contribution < -0.4 is 5.73 Å². The van der Waals surface area contributed by atoms with Crippen LogP contribution in [0.1, 0.15) is 27.7 Å². The molecule has 0 spiro atoms. The summed E-state index contributed by atoms with van der Waals surface area (Å²) in [7, 11) is 3.28. The molecule has 1 amide bonds. The maximum Gasteiger partial charge on any atom is 0.230 e. The van der Waals surface area contributed by atoms with E-state index in [1.807, 2.05) is 27.7 Å². The van der Waals surface area contributed by atoms with Crippen molar-refractivity contribution in [3.8, 4) is 0 Å². The molecule has 0 aromatic heterocycles. The average molecular weight is 258 g/mol. The summed E-state index contributed by atoms with van der Waals surface area (Å²) in [5.74, 6) is 0.0524. The highest BCUT2D eigenvalue weighted by Crippen LogP contribution is 2.32. The Balaban J connectivity index is 2.82. The van der Waals surface area contributed by atoms with Crippen molar-refractivity contribution in [1.82, 2.24) is 4.90 Å². The van der Waals surface area contributed by atoms with Gasteiger partial charge in [-0.05, 0) is 27.7 Å². The Bertz CT molecular complexity index is 298. The van der Waals surface area contributed by atoms with Gasteiger partial charge in [-0.2, -0.15) is 0 Å². The number of hydrogen-bond donors (Lipinski definition) is 1. The van der Waals surface area contributed by atoms with Crippen LogP contribution >= 0.6 is 0 Å². The highest BCUT2D eigenvalue weighted by molar-refractivity contribution is 5.83. The van der Waals surface area contributed by atoms with Gasteiger partial charge < -0.3 is 20.1 Å². The minimum absolute atomic E-state index is 0.0524. The van der Waals surface area contributed by atoms with Crippen LogP contribution in [0.15, 0.2) is 0 Å². The third-order valence-electron chi connectivity index (χ3n) is 4.25. The smallest absolute Gasteiger partial charge is 0.230 e. The van der Waals surface area contributed by atoms with Gasteiger partial charge in [0.1, 0.15) is 12.2 Å². The summed E-state index contributed by atoms with van der Waals surface area (Å²) in [6.07, 6.45) is -0.119. The van der Waals surface area contributed by atoms with E-state index in [4.69, 9.17) is 15.2 Å². The summed E-state index contributed by atoms with van der Waals surface area (Å²) in [5.41, 5.74) is 4.92. The first-order valence-corrected chi connectivity index (χ1v) is 6.29. The van der Waals surface area contributed by atoms with Gasteiger partial charge in [-0.15, -0.1) is 0 Å². The molecule has 5 nitrogen and oxygen atoms in total. The van der Waals surface area contributed by atoms with Crippen LogP contribution in [0.4, 0.5) is 0 Å². The molecule has 0 saturated carbocycles. The lowest BCUT2D eigenvalue weighted by molar-refractivity contribution is -0.143. The van der Waals surface area contributed by atoms with E-state index in [0.29, 0.717) is 13.1 Å². The summed E-state index contributed by atoms with van der Waals surface area (Å²) in [4.78, 5) is 14.4. The van der Waals surface area contributed by atoms with Gasteiger partial charge in [0.15, 0.2) is 0 Å². The zero-order valence-corrected chi connectivity index (χ0v) is 12.3. The quantitative estimate of drug-likeness (QED) is 0.803. The van der Waals surface area contributed by atoms with Crippen LogP contribution in [-0.2, 0) is 14.3 Å². The standard InChI is InChI=1S/C13H26N2O3/c1-12(2,13(3,4)14)11(16)15-7-9(17-5)10(8-15)18-6/h9-10H,7-8,14H2,1-6H3. The zero-order valence-electron chi connectivity index (χ0n) is 12.3. The fourth-order valence-corrected chi connectivity index (χ4v) is 2.03. The van der Waals surface area contributed by atoms with E-state index in [2.05, 4.69) is 0 Å². The van der Waals surface area contributed by atoms with E-state index >= 15 is 0 Å². The molecule has 2 unspecified atom stereocenters. The summed E-state index contributed by atoms with van der Waals surface area (Å²) in [6, 6.07) is 0. The lowest BCUT2D eigenvalue weighted by Gasteiger charge is -2.39. The predicted octanol–water partition coefficient (Wildman–Crippen LogP) is 0.622. The topological polar surface area (TPSA) is 64.8 Å². The van der Waals surface area contributed by atoms with Gasteiger partial charge in [-0.25, -0.2) is 0 Å². The molecule has 0 aliphatic carbocycles. The molecule has 5 heteroatoms. The number of nitrogens with two attached hydrogens (primary N) is 1. The summed E-state index contributed by atoms with van der Waals surface area (Å²) < 4.78 is 10.7. The zero-order chi connectivity index (χ0) is 14.1. The van der Waals surface area contributed by atoms with Crippen molar-refractivity contribution in [2.75, 3.05) is 27.3 Å². The van der Waals surface area contributed by atoms with Gasteiger partial charge in [-0.3, -0.25) is 4.79 Å². The van der Waals surface area contributed by atoms with Crippen molar-refractivity contribution in [3.63, 3.8) is 0 Å². The Morgan fingerprint density at radius 1 is 1.11 bits per heavy atom. The summed E-state index contributed by atoms with van der Waals surface area (Å²) in [5, 5.41) is 0. The van der Waals surface area contributed by atoms with E-state index < -0.39 is 11.0 Å². The van der Waals surface area contributed by atoms with Crippen molar-refractivity contribution < 1.29 is 14.3 Å². The molecule has 1 fully saturated rings. The Labute approximate surface area is 110 Å². The second kappa shape index (κ2) is 5.15. The number of rotatable bonds is 4. The normalized spacial score (nSPS) is 25.6. The number of carbonyl (C=O) groups excluding carboxylic acids is 1. The lowest BCUT2D eigenvalue weighted by atomic mass is 9.74. The molecule has 0 aromatic carbocycles. The number of carbonyl (C=O) groups is 1. The van der Waals surface area contributed by atoms with Crippen LogP contribution in [0, 0.1) is 5.41 Å². The third-order valence-corrected chi connectivity index (χ3v) is 4.25. The molecule has 106 valence electrons. The van der Waals surface area contributed by atoms with Gasteiger partial charge in [0.25, 0.3) is 0 Å². The Kier molecular flexibility index (Phi) is 4.41. The van der Waals surface area contributed by atoms with Crippen LogP contribution in [0.2, 0.25) is 0 Å². The Morgan fingerprint density at radius 2 is 1.50 bits per heavy atom. The highest BCUT2D eigenvalue weighted by Gasteiger charge is 2.46. The first-order valence-electron chi connectivity index (χ1n) is 6.29. The van der Waals surface area contributed by atoms with Crippen molar-refractivity contribution in [3.05, 3.63) is 0 Å². The van der Waals surface area contributed by atoms with Crippen molar-refractivity contribution in [2.45, 2.75) is 45.4 Å². The Morgan fingerprint density at radius 3 is 1.78 bits per heavy atom. The maximum absolute atomic E-state index is 12.6. The van der Waals surface area contributed by atoms with Crippen molar-refractivity contribution in [1.29, 1.82) is 0 Å². The van der Waals surface area contributed by atoms with Gasteiger partial charge in [0.2, 0.25) is 5.91 Å². The number of amides is 1. The molecule has 1 aliphatic rings. The number of methoxy groups -OCH3 is 2. The molecule has 0 bridgehead atoms. The molecule has 1 saturated heterocycles. The van der Waals surface area contributed by atoms with E-state index in [0.717, 1.165) is 0 Å². The van der Waals surface area contributed by atoms with Gasteiger partial charge >= 0.3 is 0 Å². The molecule has 2 N–H and O–H groups in total. The highest BCUT2D eigenvalue weighted by atomic mass is 16.5. The SMILES string of the molecule is COC1CN(C(=O)C(C)(C)C(C)(C)N)CC1OC. The van der Waals surface area contributed by atoms with Crippen LogP contribution in [0.25, 0.3) is 0 Å². The van der Waals surface area contributed by atoms with E-state index in [-0.39, 0.29) is 18.1 Å². The largest absolute Gasteiger partial charge is 0.377 e. The van der Waals surface area contributed by atoms with Gasteiger partial charge in [0, 0.05) is 32.8 Å². The van der Waals surface area contributed by atoms with Crippen molar-refractivity contribution >= 4 is 5.91 Å². The number of nitrogens with zero attached hydrogens (tertiary/aromatic N) is 1. The molecular formula is C13H26N2O3. The monoisotopic (exact) mass is 258 g/mol. The molecular weight excluding hydrogens is 232 g/mol. The van der Waals surface area contributed by atoms with E-state index in [9.17, 15) is 4.79 Å². The minimum atomic E-state index is -0.617. The fourth-order valence-electron chi connectivity index (χ4n) is 2.03. The molecule has 1 rings (SSSR count). The maximum atomic E-state index is 12.6.